The number of aryl methyl sites for hydroxylation is 1. The summed E-state index contributed by atoms with van der Waals surface area (Å²) in [4.78, 5) is 23.5. The van der Waals surface area contributed by atoms with Gasteiger partial charge in [0.15, 0.2) is 11.5 Å². The number of ether oxygens (including phenoxy) is 3. The maximum Gasteiger partial charge on any atom is 0.407 e. The van der Waals surface area contributed by atoms with Crippen LogP contribution in [-0.2, 0) is 16.0 Å². The molecule has 13 nitrogen and oxygen atoms in total. The van der Waals surface area contributed by atoms with E-state index in [0.717, 1.165) is 41.0 Å². The second-order valence-corrected chi connectivity index (χ2v) is 11.9. The SMILES string of the molecule is COC1CN(Cc2ccn3ncnc(Nc4ccc(Oc5ccn6ncnc6c5)c(C)c4)c23)CCC1NC(=O)OC(C)(C)C. The van der Waals surface area contributed by atoms with Crippen LogP contribution < -0.4 is 15.4 Å². The van der Waals surface area contributed by atoms with Gasteiger partial charge in [-0.05, 0) is 75.6 Å². The van der Waals surface area contributed by atoms with Gasteiger partial charge in [0.05, 0.1) is 12.1 Å². The van der Waals surface area contributed by atoms with Gasteiger partial charge in [-0.2, -0.15) is 10.2 Å². The summed E-state index contributed by atoms with van der Waals surface area (Å²) in [5, 5.41) is 15.0. The molecule has 0 spiro atoms. The number of piperidine rings is 1. The zero-order valence-electron chi connectivity index (χ0n) is 25.5. The van der Waals surface area contributed by atoms with Gasteiger partial charge in [-0.3, -0.25) is 4.90 Å². The average Bonchev–Trinajstić information content (AvgIpc) is 3.61. The first-order chi connectivity index (χ1) is 21.1. The highest BCUT2D eigenvalue weighted by Crippen LogP contribution is 2.30. The lowest BCUT2D eigenvalue weighted by atomic mass is 10.0. The van der Waals surface area contributed by atoms with E-state index >= 15 is 0 Å². The number of rotatable bonds is 8. The third-order valence-electron chi connectivity index (χ3n) is 7.50. The van der Waals surface area contributed by atoms with Crippen LogP contribution in [-0.4, -0.2) is 78.1 Å². The molecule has 0 saturated carbocycles. The number of fused-ring (bicyclic) bond motifs is 2. The molecule has 13 heteroatoms. The molecule has 0 bridgehead atoms. The normalized spacial score (nSPS) is 17.6. The Morgan fingerprint density at radius 3 is 2.64 bits per heavy atom. The summed E-state index contributed by atoms with van der Waals surface area (Å²) < 4.78 is 20.9. The van der Waals surface area contributed by atoms with Gasteiger partial charge in [-0.15, -0.1) is 0 Å². The first-order valence-electron chi connectivity index (χ1n) is 14.6. The summed E-state index contributed by atoms with van der Waals surface area (Å²) in [6.07, 6.45) is 6.96. The van der Waals surface area contributed by atoms with Crippen molar-refractivity contribution in [3.8, 4) is 11.5 Å². The number of alkyl carbamates (subject to hydrolysis) is 1. The van der Waals surface area contributed by atoms with Gasteiger partial charge in [0.2, 0.25) is 0 Å². The van der Waals surface area contributed by atoms with E-state index in [4.69, 9.17) is 14.2 Å². The molecule has 1 aromatic carbocycles. The van der Waals surface area contributed by atoms with Crippen LogP contribution in [0, 0.1) is 6.92 Å². The van der Waals surface area contributed by atoms with E-state index in [0.29, 0.717) is 30.3 Å². The zero-order chi connectivity index (χ0) is 30.8. The number of aromatic nitrogens is 6. The number of nitrogens with one attached hydrogen (secondary N) is 2. The summed E-state index contributed by atoms with van der Waals surface area (Å²) in [6.45, 7) is 9.69. The average molecular weight is 600 g/mol. The van der Waals surface area contributed by atoms with E-state index < -0.39 is 11.7 Å². The Morgan fingerprint density at radius 1 is 1.05 bits per heavy atom. The molecule has 5 aromatic rings. The molecule has 1 amide bonds. The minimum Gasteiger partial charge on any atom is -0.457 e. The van der Waals surface area contributed by atoms with Crippen LogP contribution >= 0.6 is 0 Å². The maximum absolute atomic E-state index is 12.4. The third-order valence-corrected chi connectivity index (χ3v) is 7.50. The molecule has 1 aliphatic heterocycles. The number of amides is 1. The summed E-state index contributed by atoms with van der Waals surface area (Å²) in [7, 11) is 1.68. The number of carbonyl (C=O) groups excluding carboxylic acids is 1. The van der Waals surface area contributed by atoms with Gasteiger partial charge in [0.1, 0.15) is 35.3 Å². The maximum atomic E-state index is 12.4. The third kappa shape index (κ3) is 6.58. The number of methoxy groups -OCH3 is 1. The lowest BCUT2D eigenvalue weighted by molar-refractivity contribution is -0.00437. The topological polar surface area (TPSA) is 132 Å². The van der Waals surface area contributed by atoms with Crippen LogP contribution in [0.2, 0.25) is 0 Å². The molecule has 0 radical (unpaired) electrons. The molecule has 230 valence electrons. The highest BCUT2D eigenvalue weighted by Gasteiger charge is 2.32. The molecule has 0 aliphatic carbocycles. The Bertz CT molecular complexity index is 1780. The first-order valence-corrected chi connectivity index (χ1v) is 14.6. The van der Waals surface area contributed by atoms with Crippen molar-refractivity contribution in [2.45, 2.75) is 58.4 Å². The number of likely N-dealkylation sites (tertiary alicyclic amines) is 1. The van der Waals surface area contributed by atoms with Gasteiger partial charge in [-0.1, -0.05) is 0 Å². The number of benzene rings is 1. The van der Waals surface area contributed by atoms with Crippen LogP contribution in [0.25, 0.3) is 11.2 Å². The number of hydrogen-bond donors (Lipinski definition) is 2. The molecule has 4 aromatic heterocycles. The molecule has 5 heterocycles. The number of pyridine rings is 1. The van der Waals surface area contributed by atoms with Crippen LogP contribution in [0.3, 0.4) is 0 Å². The highest BCUT2D eigenvalue weighted by molar-refractivity contribution is 5.77. The fourth-order valence-corrected chi connectivity index (χ4v) is 5.43. The highest BCUT2D eigenvalue weighted by atomic mass is 16.6. The van der Waals surface area contributed by atoms with Crippen molar-refractivity contribution in [3.05, 3.63) is 72.6 Å². The largest absolute Gasteiger partial charge is 0.457 e. The van der Waals surface area contributed by atoms with Crippen molar-refractivity contribution < 1.29 is 19.0 Å². The second kappa shape index (κ2) is 12.1. The quantitative estimate of drug-likeness (QED) is 0.258. The Labute approximate surface area is 255 Å². The van der Waals surface area contributed by atoms with Crippen molar-refractivity contribution >= 4 is 28.8 Å². The van der Waals surface area contributed by atoms with Crippen LogP contribution in [0.5, 0.6) is 11.5 Å². The molecule has 2 unspecified atom stereocenters. The van der Waals surface area contributed by atoms with Crippen molar-refractivity contribution in [3.63, 3.8) is 0 Å². The summed E-state index contributed by atoms with van der Waals surface area (Å²) in [5.74, 6) is 2.13. The second-order valence-electron chi connectivity index (χ2n) is 11.9. The van der Waals surface area contributed by atoms with Gasteiger partial charge in [-0.25, -0.2) is 23.8 Å². The Balaban J connectivity index is 1.14. The Morgan fingerprint density at radius 2 is 1.84 bits per heavy atom. The monoisotopic (exact) mass is 599 g/mol. The molecule has 2 atom stereocenters. The van der Waals surface area contributed by atoms with Crippen LogP contribution in [0.4, 0.5) is 16.3 Å². The molecule has 1 fully saturated rings. The van der Waals surface area contributed by atoms with E-state index in [1.54, 1.807) is 18.0 Å². The van der Waals surface area contributed by atoms with Crippen molar-refractivity contribution in [1.29, 1.82) is 0 Å². The smallest absolute Gasteiger partial charge is 0.407 e. The van der Waals surface area contributed by atoms with E-state index in [1.165, 1.54) is 6.33 Å². The van der Waals surface area contributed by atoms with E-state index in [9.17, 15) is 4.79 Å². The van der Waals surface area contributed by atoms with Gasteiger partial charge < -0.3 is 24.8 Å². The number of anilines is 2. The predicted octanol–water partition coefficient (Wildman–Crippen LogP) is 4.73. The molecular formula is C31H37N9O4. The Kier molecular flexibility index (Phi) is 8.06. The van der Waals surface area contributed by atoms with Crippen molar-refractivity contribution in [2.24, 2.45) is 0 Å². The minimum absolute atomic E-state index is 0.127. The summed E-state index contributed by atoms with van der Waals surface area (Å²) in [6, 6.07) is 11.6. The van der Waals surface area contributed by atoms with Gasteiger partial charge >= 0.3 is 6.09 Å². The number of nitrogens with zero attached hydrogens (tertiary/aromatic N) is 7. The van der Waals surface area contributed by atoms with Crippen LogP contribution in [0.1, 0.15) is 38.3 Å². The van der Waals surface area contributed by atoms with Gasteiger partial charge in [0.25, 0.3) is 0 Å². The van der Waals surface area contributed by atoms with Gasteiger partial charge in [0, 0.05) is 50.9 Å². The fraction of sp³-hybridized carbons (Fsp3) is 0.387. The van der Waals surface area contributed by atoms with E-state index in [2.05, 4.69) is 41.8 Å². The van der Waals surface area contributed by atoms with E-state index in [-0.39, 0.29) is 12.1 Å². The lowest BCUT2D eigenvalue weighted by Gasteiger charge is -2.38. The first kappa shape index (κ1) is 29.3. The molecule has 44 heavy (non-hydrogen) atoms. The predicted molar refractivity (Wildman–Crippen MR) is 164 cm³/mol. The van der Waals surface area contributed by atoms with Crippen molar-refractivity contribution in [1.82, 2.24) is 39.4 Å². The molecule has 2 N–H and O–H groups in total. The minimum atomic E-state index is -0.555. The lowest BCUT2D eigenvalue weighted by Crippen LogP contribution is -2.55. The summed E-state index contributed by atoms with van der Waals surface area (Å²) in [5.41, 5.74) is 3.99. The number of hydrogen-bond acceptors (Lipinski definition) is 10. The van der Waals surface area contributed by atoms with E-state index in [1.807, 2.05) is 74.9 Å². The molecule has 6 rings (SSSR count). The van der Waals surface area contributed by atoms with Crippen molar-refractivity contribution in [2.75, 3.05) is 25.5 Å². The molecule has 1 aliphatic rings. The van der Waals surface area contributed by atoms with Crippen LogP contribution in [0.15, 0.2) is 61.4 Å². The Hall–Kier alpha value is -4.75. The standard InChI is InChI=1S/C31H37N9O4/c1-20-14-22(6-7-25(20)43-23-9-13-39-27(15-23)32-18-34-39)36-29-28-21(8-12-40(28)35-19-33-29)16-38-11-10-24(26(17-38)42-5)37-30(41)44-31(2,3)4/h6-9,12-15,18-19,24,26H,10-11,16-17H2,1-5H3,(H,37,41)(H,33,35,36). The fourth-order valence-electron chi connectivity index (χ4n) is 5.43. The zero-order valence-corrected chi connectivity index (χ0v) is 25.5. The molecule has 1 saturated heterocycles. The molecular weight excluding hydrogens is 562 g/mol. The summed E-state index contributed by atoms with van der Waals surface area (Å²) >= 11 is 0. The number of carbonyl (C=O) groups is 1.